The Bertz CT molecular complexity index is 858. The largest absolute Gasteiger partial charge is 0.354 e. The van der Waals surface area contributed by atoms with Gasteiger partial charge in [-0.25, -0.2) is 9.97 Å². The highest BCUT2D eigenvalue weighted by Gasteiger charge is 2.26. The lowest BCUT2D eigenvalue weighted by atomic mass is 10.0. The van der Waals surface area contributed by atoms with E-state index in [-0.39, 0.29) is 0 Å². The van der Waals surface area contributed by atoms with E-state index in [1.165, 1.54) is 0 Å². The monoisotopic (exact) mass is 334 g/mol. The maximum absolute atomic E-state index is 4.56. The van der Waals surface area contributed by atoms with Gasteiger partial charge in [0.15, 0.2) is 5.82 Å². The fourth-order valence-corrected chi connectivity index (χ4v) is 3.48. The average molecular weight is 334 g/mol. The van der Waals surface area contributed by atoms with Crippen molar-refractivity contribution in [3.8, 4) is 0 Å². The van der Waals surface area contributed by atoms with Crippen LogP contribution in [0.2, 0.25) is 0 Å². The zero-order valence-corrected chi connectivity index (χ0v) is 14.6. The minimum Gasteiger partial charge on any atom is -0.354 e. The number of likely N-dealkylation sites (N-methyl/N-ethyl adjacent to an activating group) is 1. The van der Waals surface area contributed by atoms with Crippen molar-refractivity contribution in [1.29, 1.82) is 0 Å². The molecule has 6 nitrogen and oxygen atoms in total. The Morgan fingerprint density at radius 2 is 1.96 bits per heavy atom. The fourth-order valence-electron chi connectivity index (χ4n) is 3.48. The Morgan fingerprint density at radius 3 is 2.80 bits per heavy atom. The van der Waals surface area contributed by atoms with E-state index in [4.69, 9.17) is 0 Å². The lowest BCUT2D eigenvalue weighted by Gasteiger charge is -2.38. The lowest BCUT2D eigenvalue weighted by Crippen LogP contribution is -2.47. The third-order valence-corrected chi connectivity index (χ3v) is 4.91. The summed E-state index contributed by atoms with van der Waals surface area (Å²) >= 11 is 0. The molecule has 128 valence electrons. The van der Waals surface area contributed by atoms with Gasteiger partial charge < -0.3 is 9.80 Å². The van der Waals surface area contributed by atoms with Crippen molar-refractivity contribution in [2.75, 3.05) is 29.9 Å². The van der Waals surface area contributed by atoms with Gasteiger partial charge in [-0.15, -0.1) is 5.10 Å². The summed E-state index contributed by atoms with van der Waals surface area (Å²) < 4.78 is 0. The van der Waals surface area contributed by atoms with E-state index >= 15 is 0 Å². The number of piperidine rings is 1. The zero-order valence-electron chi connectivity index (χ0n) is 14.6. The molecule has 0 bridgehead atoms. The van der Waals surface area contributed by atoms with Crippen LogP contribution < -0.4 is 9.80 Å². The van der Waals surface area contributed by atoms with Crippen LogP contribution in [-0.2, 0) is 0 Å². The Hall–Kier alpha value is -2.76. The third-order valence-electron chi connectivity index (χ3n) is 4.91. The van der Waals surface area contributed by atoms with Gasteiger partial charge in [0.25, 0.3) is 0 Å². The summed E-state index contributed by atoms with van der Waals surface area (Å²) in [6.07, 6.45) is 3.93. The van der Waals surface area contributed by atoms with Crippen molar-refractivity contribution in [3.05, 3.63) is 48.4 Å². The van der Waals surface area contributed by atoms with Crippen LogP contribution in [0.5, 0.6) is 0 Å². The molecule has 1 aliphatic rings. The van der Waals surface area contributed by atoms with Crippen molar-refractivity contribution in [2.45, 2.75) is 25.8 Å². The van der Waals surface area contributed by atoms with Crippen molar-refractivity contribution >= 4 is 22.5 Å². The normalized spacial score (nSPS) is 17.7. The number of aryl methyl sites for hydroxylation is 1. The summed E-state index contributed by atoms with van der Waals surface area (Å²) in [5.41, 5.74) is 1.93. The predicted octanol–water partition coefficient (Wildman–Crippen LogP) is 2.83. The van der Waals surface area contributed by atoms with E-state index in [1.54, 1.807) is 6.33 Å². The molecule has 1 fully saturated rings. The summed E-state index contributed by atoms with van der Waals surface area (Å²) in [6.45, 7) is 3.91. The van der Waals surface area contributed by atoms with Gasteiger partial charge in [0, 0.05) is 31.6 Å². The number of nitrogens with zero attached hydrogens (tertiary/aromatic N) is 6. The lowest BCUT2D eigenvalue weighted by molar-refractivity contribution is 0.483. The van der Waals surface area contributed by atoms with Crippen LogP contribution in [0.3, 0.4) is 0 Å². The average Bonchev–Trinajstić information content (AvgIpc) is 2.68. The van der Waals surface area contributed by atoms with Gasteiger partial charge in [-0.3, -0.25) is 0 Å². The molecule has 1 atom stereocenters. The standard InChI is InChI=1S/C19H22N6/c1-14-9-10-18(23-22-14)25-11-5-6-15(12-25)24(2)19-16-7-3-4-8-17(16)20-13-21-19/h3-4,7-10,13,15H,5-6,11-12H2,1-2H3. The van der Waals surface area contributed by atoms with Gasteiger partial charge in [-0.05, 0) is 44.0 Å². The second kappa shape index (κ2) is 6.63. The summed E-state index contributed by atoms with van der Waals surface area (Å²) in [4.78, 5) is 13.5. The van der Waals surface area contributed by atoms with Crippen LogP contribution in [0.1, 0.15) is 18.5 Å². The molecule has 1 aromatic carbocycles. The molecule has 3 aromatic rings. The molecule has 4 rings (SSSR count). The fraction of sp³-hybridized carbons (Fsp3) is 0.368. The molecular formula is C19H22N6. The molecule has 3 heterocycles. The minimum atomic E-state index is 0.384. The van der Waals surface area contributed by atoms with Crippen LogP contribution in [0.25, 0.3) is 10.9 Å². The van der Waals surface area contributed by atoms with Crippen molar-refractivity contribution in [3.63, 3.8) is 0 Å². The van der Waals surface area contributed by atoms with E-state index in [9.17, 15) is 0 Å². The molecule has 6 heteroatoms. The van der Waals surface area contributed by atoms with E-state index < -0.39 is 0 Å². The van der Waals surface area contributed by atoms with E-state index in [2.05, 4.69) is 49.1 Å². The van der Waals surface area contributed by atoms with Crippen molar-refractivity contribution in [2.24, 2.45) is 0 Å². The summed E-state index contributed by atoms with van der Waals surface area (Å²) in [6, 6.07) is 12.6. The molecule has 2 aromatic heterocycles. The molecule has 0 radical (unpaired) electrons. The van der Waals surface area contributed by atoms with Crippen LogP contribution >= 0.6 is 0 Å². The zero-order chi connectivity index (χ0) is 17.2. The topological polar surface area (TPSA) is 58.0 Å². The highest BCUT2D eigenvalue weighted by molar-refractivity contribution is 5.89. The molecule has 0 spiro atoms. The van der Waals surface area contributed by atoms with Crippen LogP contribution in [0, 0.1) is 6.92 Å². The van der Waals surface area contributed by atoms with Crippen molar-refractivity contribution < 1.29 is 0 Å². The second-order valence-electron chi connectivity index (χ2n) is 6.60. The van der Waals surface area contributed by atoms with Gasteiger partial charge in [0.2, 0.25) is 0 Å². The first kappa shape index (κ1) is 15.7. The first-order valence-corrected chi connectivity index (χ1v) is 8.70. The van der Waals surface area contributed by atoms with Gasteiger partial charge in [-0.2, -0.15) is 5.10 Å². The number of hydrogen-bond donors (Lipinski definition) is 0. The predicted molar refractivity (Wildman–Crippen MR) is 99.9 cm³/mol. The van der Waals surface area contributed by atoms with Crippen LogP contribution in [0.15, 0.2) is 42.7 Å². The summed E-state index contributed by atoms with van der Waals surface area (Å²) in [7, 11) is 2.13. The second-order valence-corrected chi connectivity index (χ2v) is 6.60. The Kier molecular flexibility index (Phi) is 4.17. The third kappa shape index (κ3) is 3.12. The van der Waals surface area contributed by atoms with Crippen molar-refractivity contribution in [1.82, 2.24) is 20.2 Å². The Labute approximate surface area is 147 Å². The number of rotatable bonds is 3. The molecule has 0 amide bonds. The van der Waals surface area contributed by atoms with Crippen LogP contribution in [-0.4, -0.2) is 46.3 Å². The number of hydrogen-bond acceptors (Lipinski definition) is 6. The maximum Gasteiger partial charge on any atom is 0.151 e. The van der Waals surface area contributed by atoms with E-state index in [0.29, 0.717) is 6.04 Å². The highest BCUT2D eigenvalue weighted by atomic mass is 15.3. The first-order valence-electron chi connectivity index (χ1n) is 8.70. The maximum atomic E-state index is 4.56. The van der Waals surface area contributed by atoms with Gasteiger partial charge >= 0.3 is 0 Å². The summed E-state index contributed by atoms with van der Waals surface area (Å²) in [5.74, 6) is 1.95. The number of para-hydroxylation sites is 1. The van der Waals surface area contributed by atoms with Crippen LogP contribution in [0.4, 0.5) is 11.6 Å². The Morgan fingerprint density at radius 1 is 1.08 bits per heavy atom. The molecular weight excluding hydrogens is 312 g/mol. The molecule has 1 saturated heterocycles. The first-order chi connectivity index (χ1) is 12.2. The van der Waals surface area contributed by atoms with Gasteiger partial charge in [0.1, 0.15) is 12.1 Å². The SMILES string of the molecule is Cc1ccc(N2CCCC(N(C)c3ncnc4ccccc34)C2)nn1. The van der Waals surface area contributed by atoms with E-state index in [0.717, 1.165) is 54.2 Å². The number of aromatic nitrogens is 4. The molecule has 25 heavy (non-hydrogen) atoms. The molecule has 1 aliphatic heterocycles. The number of anilines is 2. The quantitative estimate of drug-likeness (QED) is 0.734. The van der Waals surface area contributed by atoms with Gasteiger partial charge in [-0.1, -0.05) is 12.1 Å². The molecule has 0 aliphatic carbocycles. The molecule has 1 unspecified atom stereocenters. The van der Waals surface area contributed by atoms with Gasteiger partial charge in [0.05, 0.1) is 11.2 Å². The number of benzene rings is 1. The summed E-state index contributed by atoms with van der Waals surface area (Å²) in [5, 5.41) is 9.64. The highest BCUT2D eigenvalue weighted by Crippen LogP contribution is 2.27. The Balaban J connectivity index is 1.59. The smallest absolute Gasteiger partial charge is 0.151 e. The number of fused-ring (bicyclic) bond motifs is 1. The minimum absolute atomic E-state index is 0.384. The molecule has 0 N–H and O–H groups in total. The van der Waals surface area contributed by atoms with E-state index in [1.807, 2.05) is 31.2 Å². The molecule has 0 saturated carbocycles.